The molecular formula is C18H27NO2. The number of rotatable bonds is 4. The summed E-state index contributed by atoms with van der Waals surface area (Å²) in [5.74, 6) is 0.977. The SMILES string of the molecule is CC(C)(C)Oc1ccc(CC(=O)NC2CCCCC2)cc1. The molecule has 1 N–H and O–H groups in total. The fourth-order valence-electron chi connectivity index (χ4n) is 2.74. The Hall–Kier alpha value is -1.51. The van der Waals surface area contributed by atoms with Crippen molar-refractivity contribution in [2.45, 2.75) is 70.9 Å². The summed E-state index contributed by atoms with van der Waals surface area (Å²) in [5.41, 5.74) is 0.837. The van der Waals surface area contributed by atoms with Gasteiger partial charge in [0, 0.05) is 6.04 Å². The number of ether oxygens (including phenoxy) is 1. The van der Waals surface area contributed by atoms with Gasteiger partial charge in [0.2, 0.25) is 5.91 Å². The summed E-state index contributed by atoms with van der Waals surface area (Å²) in [6, 6.07) is 8.21. The molecule has 2 rings (SSSR count). The Labute approximate surface area is 128 Å². The predicted molar refractivity (Wildman–Crippen MR) is 85.5 cm³/mol. The molecule has 1 fully saturated rings. The Morgan fingerprint density at radius 2 is 1.76 bits per heavy atom. The zero-order valence-corrected chi connectivity index (χ0v) is 13.4. The molecule has 0 radical (unpaired) electrons. The van der Waals surface area contributed by atoms with Gasteiger partial charge in [0.1, 0.15) is 11.4 Å². The van der Waals surface area contributed by atoms with Gasteiger partial charge in [0.25, 0.3) is 0 Å². The molecule has 1 amide bonds. The van der Waals surface area contributed by atoms with E-state index in [1.807, 2.05) is 45.0 Å². The largest absolute Gasteiger partial charge is 0.488 e. The third-order valence-electron chi connectivity index (χ3n) is 3.68. The van der Waals surface area contributed by atoms with E-state index in [1.165, 1.54) is 19.3 Å². The van der Waals surface area contributed by atoms with Crippen molar-refractivity contribution in [3.05, 3.63) is 29.8 Å². The van der Waals surface area contributed by atoms with E-state index >= 15 is 0 Å². The maximum atomic E-state index is 12.1. The maximum Gasteiger partial charge on any atom is 0.224 e. The van der Waals surface area contributed by atoms with Crippen molar-refractivity contribution in [2.24, 2.45) is 0 Å². The van der Waals surface area contributed by atoms with Crippen LogP contribution in [0.5, 0.6) is 5.75 Å². The van der Waals surface area contributed by atoms with E-state index in [0.717, 1.165) is 24.2 Å². The summed E-state index contributed by atoms with van der Waals surface area (Å²) in [7, 11) is 0. The molecule has 1 aromatic carbocycles. The quantitative estimate of drug-likeness (QED) is 0.914. The molecule has 0 aromatic heterocycles. The van der Waals surface area contributed by atoms with E-state index in [-0.39, 0.29) is 11.5 Å². The average molecular weight is 289 g/mol. The second-order valence-electron chi connectivity index (χ2n) is 6.94. The van der Waals surface area contributed by atoms with Crippen LogP contribution >= 0.6 is 0 Å². The molecular weight excluding hydrogens is 262 g/mol. The van der Waals surface area contributed by atoms with Gasteiger partial charge in [0.05, 0.1) is 6.42 Å². The number of nitrogens with one attached hydrogen (secondary N) is 1. The van der Waals surface area contributed by atoms with Gasteiger partial charge in [-0.2, -0.15) is 0 Å². The summed E-state index contributed by atoms with van der Waals surface area (Å²) >= 11 is 0. The Morgan fingerprint density at radius 1 is 1.14 bits per heavy atom. The average Bonchev–Trinajstić information content (AvgIpc) is 2.40. The number of carbonyl (C=O) groups excluding carboxylic acids is 1. The lowest BCUT2D eigenvalue weighted by Crippen LogP contribution is -2.37. The minimum atomic E-state index is -0.195. The lowest BCUT2D eigenvalue weighted by molar-refractivity contribution is -0.121. The molecule has 0 saturated heterocycles. The molecule has 1 aromatic rings. The Balaban J connectivity index is 1.83. The molecule has 21 heavy (non-hydrogen) atoms. The van der Waals surface area contributed by atoms with Crippen LogP contribution in [0.2, 0.25) is 0 Å². The van der Waals surface area contributed by atoms with E-state index in [2.05, 4.69) is 5.32 Å². The van der Waals surface area contributed by atoms with Crippen molar-refractivity contribution in [1.82, 2.24) is 5.32 Å². The number of carbonyl (C=O) groups is 1. The monoisotopic (exact) mass is 289 g/mol. The second kappa shape index (κ2) is 6.97. The summed E-state index contributed by atoms with van der Waals surface area (Å²) in [6.07, 6.45) is 6.50. The van der Waals surface area contributed by atoms with Gasteiger partial charge in [0.15, 0.2) is 0 Å². The minimum absolute atomic E-state index is 0.131. The van der Waals surface area contributed by atoms with Crippen LogP contribution in [-0.2, 0) is 11.2 Å². The standard InChI is InChI=1S/C18H27NO2/c1-18(2,3)21-16-11-9-14(10-12-16)13-17(20)19-15-7-5-4-6-8-15/h9-12,15H,4-8,13H2,1-3H3,(H,19,20). The van der Waals surface area contributed by atoms with Gasteiger partial charge in [-0.3, -0.25) is 4.79 Å². The van der Waals surface area contributed by atoms with Crippen molar-refractivity contribution >= 4 is 5.91 Å². The maximum absolute atomic E-state index is 12.1. The first-order chi connectivity index (χ1) is 9.92. The lowest BCUT2D eigenvalue weighted by atomic mass is 9.95. The topological polar surface area (TPSA) is 38.3 Å². The molecule has 116 valence electrons. The summed E-state index contributed by atoms with van der Waals surface area (Å²) in [4.78, 5) is 12.1. The molecule has 1 aliphatic carbocycles. The highest BCUT2D eigenvalue weighted by molar-refractivity contribution is 5.78. The molecule has 0 atom stereocenters. The zero-order chi connectivity index (χ0) is 15.3. The third kappa shape index (κ3) is 5.78. The first kappa shape index (κ1) is 15.9. The normalized spacial score (nSPS) is 16.5. The van der Waals surface area contributed by atoms with E-state index in [0.29, 0.717) is 12.5 Å². The number of benzene rings is 1. The van der Waals surface area contributed by atoms with Crippen molar-refractivity contribution in [3.63, 3.8) is 0 Å². The summed E-state index contributed by atoms with van der Waals surface area (Å²) < 4.78 is 5.78. The van der Waals surface area contributed by atoms with Crippen molar-refractivity contribution in [3.8, 4) is 5.75 Å². The predicted octanol–water partition coefficient (Wildman–Crippen LogP) is 3.86. The number of amides is 1. The number of hydrogen-bond donors (Lipinski definition) is 1. The minimum Gasteiger partial charge on any atom is -0.488 e. The molecule has 1 aliphatic rings. The van der Waals surface area contributed by atoms with Crippen molar-refractivity contribution in [1.29, 1.82) is 0 Å². The second-order valence-corrected chi connectivity index (χ2v) is 6.94. The van der Waals surface area contributed by atoms with Crippen LogP contribution in [0.3, 0.4) is 0 Å². The summed E-state index contributed by atoms with van der Waals surface area (Å²) in [6.45, 7) is 6.08. The van der Waals surface area contributed by atoms with Gasteiger partial charge >= 0.3 is 0 Å². The highest BCUT2D eigenvalue weighted by Crippen LogP contribution is 2.19. The third-order valence-corrected chi connectivity index (χ3v) is 3.68. The Morgan fingerprint density at radius 3 is 2.33 bits per heavy atom. The van der Waals surface area contributed by atoms with Crippen LogP contribution in [0.4, 0.5) is 0 Å². The Kier molecular flexibility index (Phi) is 5.27. The lowest BCUT2D eigenvalue weighted by Gasteiger charge is -2.23. The molecule has 3 heteroatoms. The highest BCUT2D eigenvalue weighted by atomic mass is 16.5. The van der Waals surface area contributed by atoms with Gasteiger partial charge in [-0.25, -0.2) is 0 Å². The molecule has 0 unspecified atom stereocenters. The molecule has 3 nitrogen and oxygen atoms in total. The fourth-order valence-corrected chi connectivity index (χ4v) is 2.74. The van der Waals surface area contributed by atoms with Crippen LogP contribution in [0.15, 0.2) is 24.3 Å². The first-order valence-corrected chi connectivity index (χ1v) is 8.00. The van der Waals surface area contributed by atoms with Crippen molar-refractivity contribution in [2.75, 3.05) is 0 Å². The zero-order valence-electron chi connectivity index (χ0n) is 13.4. The summed E-state index contributed by atoms with van der Waals surface area (Å²) in [5, 5.41) is 3.15. The van der Waals surface area contributed by atoms with E-state index in [9.17, 15) is 4.79 Å². The van der Waals surface area contributed by atoms with Crippen molar-refractivity contribution < 1.29 is 9.53 Å². The van der Waals surface area contributed by atoms with E-state index in [4.69, 9.17) is 4.74 Å². The van der Waals surface area contributed by atoms with Crippen LogP contribution in [0.25, 0.3) is 0 Å². The smallest absolute Gasteiger partial charge is 0.224 e. The van der Waals surface area contributed by atoms with Gasteiger partial charge < -0.3 is 10.1 Å². The first-order valence-electron chi connectivity index (χ1n) is 8.00. The van der Waals surface area contributed by atoms with Crippen LogP contribution < -0.4 is 10.1 Å². The molecule has 1 saturated carbocycles. The van der Waals surface area contributed by atoms with Crippen LogP contribution in [0, 0.1) is 0 Å². The van der Waals surface area contributed by atoms with Gasteiger partial charge in [-0.05, 0) is 51.3 Å². The van der Waals surface area contributed by atoms with E-state index in [1.54, 1.807) is 0 Å². The molecule has 0 bridgehead atoms. The molecule has 0 aliphatic heterocycles. The van der Waals surface area contributed by atoms with Crippen LogP contribution in [0.1, 0.15) is 58.4 Å². The van der Waals surface area contributed by atoms with E-state index < -0.39 is 0 Å². The number of hydrogen-bond acceptors (Lipinski definition) is 2. The fraction of sp³-hybridized carbons (Fsp3) is 0.611. The molecule has 0 spiro atoms. The van der Waals surface area contributed by atoms with Crippen LogP contribution in [-0.4, -0.2) is 17.6 Å². The Bertz CT molecular complexity index is 453. The van der Waals surface area contributed by atoms with Gasteiger partial charge in [-0.1, -0.05) is 31.4 Å². The molecule has 0 heterocycles. The van der Waals surface area contributed by atoms with Gasteiger partial charge in [-0.15, -0.1) is 0 Å². The highest BCUT2D eigenvalue weighted by Gasteiger charge is 2.16.